The fourth-order valence-electron chi connectivity index (χ4n) is 2.32. The Hall–Kier alpha value is -1.51. The first-order valence-electron chi connectivity index (χ1n) is 7.72. The van der Waals surface area contributed by atoms with Crippen LogP contribution in [-0.4, -0.2) is 13.4 Å². The van der Waals surface area contributed by atoms with Crippen molar-refractivity contribution in [2.24, 2.45) is 0 Å². The molecule has 0 aliphatic heterocycles. The van der Waals surface area contributed by atoms with E-state index in [1.807, 2.05) is 0 Å². The molecule has 0 spiro atoms. The number of pyridine rings is 1. The summed E-state index contributed by atoms with van der Waals surface area (Å²) in [6.07, 6.45) is 3.02. The van der Waals surface area contributed by atoms with Crippen LogP contribution in [0.1, 0.15) is 5.56 Å². The molecule has 3 aromatic rings. The topological polar surface area (TPSA) is 68.3 Å². The summed E-state index contributed by atoms with van der Waals surface area (Å²) in [4.78, 5) is 3.89. The zero-order chi connectivity index (χ0) is 20.5. The van der Waals surface area contributed by atoms with Crippen LogP contribution in [0.4, 0.5) is 5.69 Å². The van der Waals surface area contributed by atoms with E-state index in [-0.39, 0.29) is 9.92 Å². The van der Waals surface area contributed by atoms with Crippen LogP contribution in [-0.2, 0) is 10.0 Å². The molecule has 5 nitrogen and oxygen atoms in total. The SMILES string of the molecule is Cc1cc(NS(=O)(=O)c2ccc(Cl)cc2Cl)c(Br)cc1Oc1cncc(Cl)c1. The first kappa shape index (κ1) is 21.2. The van der Waals surface area contributed by atoms with Gasteiger partial charge >= 0.3 is 0 Å². The molecular formula is C18H12BrCl3N2O3S. The van der Waals surface area contributed by atoms with E-state index in [2.05, 4.69) is 25.6 Å². The second-order valence-corrected chi connectivity index (χ2v) is 9.50. The Labute approximate surface area is 185 Å². The minimum absolute atomic E-state index is 0.0289. The van der Waals surface area contributed by atoms with E-state index in [4.69, 9.17) is 39.5 Å². The molecule has 1 heterocycles. The van der Waals surface area contributed by atoms with Gasteiger partial charge in [-0.15, -0.1) is 0 Å². The van der Waals surface area contributed by atoms with Crippen LogP contribution < -0.4 is 9.46 Å². The lowest BCUT2D eigenvalue weighted by Crippen LogP contribution is -2.14. The highest BCUT2D eigenvalue weighted by Crippen LogP contribution is 2.35. The average molecular weight is 523 g/mol. The molecule has 10 heteroatoms. The lowest BCUT2D eigenvalue weighted by atomic mass is 10.2. The van der Waals surface area contributed by atoms with Gasteiger partial charge in [0.15, 0.2) is 0 Å². The molecule has 2 aromatic carbocycles. The number of ether oxygens (including phenoxy) is 1. The maximum atomic E-state index is 12.7. The average Bonchev–Trinajstić information content (AvgIpc) is 2.58. The zero-order valence-corrected chi connectivity index (χ0v) is 18.9. The largest absolute Gasteiger partial charge is 0.455 e. The van der Waals surface area contributed by atoms with Gasteiger partial charge in [-0.1, -0.05) is 34.8 Å². The molecule has 3 rings (SSSR count). The van der Waals surface area contributed by atoms with Crippen LogP contribution in [0.15, 0.2) is 58.2 Å². The molecule has 0 fully saturated rings. The van der Waals surface area contributed by atoms with E-state index in [1.165, 1.54) is 30.6 Å². The van der Waals surface area contributed by atoms with Crippen molar-refractivity contribution in [3.8, 4) is 11.5 Å². The Morgan fingerprint density at radius 2 is 1.79 bits per heavy atom. The highest BCUT2D eigenvalue weighted by Gasteiger charge is 2.20. The number of nitrogens with one attached hydrogen (secondary N) is 1. The zero-order valence-electron chi connectivity index (χ0n) is 14.2. The van der Waals surface area contributed by atoms with Crippen LogP contribution in [0.3, 0.4) is 0 Å². The van der Waals surface area contributed by atoms with Crippen molar-refractivity contribution >= 4 is 66.4 Å². The second kappa shape index (κ2) is 8.47. The number of sulfonamides is 1. The van der Waals surface area contributed by atoms with Crippen LogP contribution in [0.5, 0.6) is 11.5 Å². The number of aromatic nitrogens is 1. The third-order valence-electron chi connectivity index (χ3n) is 3.60. The van der Waals surface area contributed by atoms with Crippen LogP contribution in [0.2, 0.25) is 15.1 Å². The van der Waals surface area contributed by atoms with Crippen molar-refractivity contribution in [2.75, 3.05) is 4.72 Å². The summed E-state index contributed by atoms with van der Waals surface area (Å²) in [5, 5.41) is 0.817. The fraction of sp³-hybridized carbons (Fsp3) is 0.0556. The van der Waals surface area contributed by atoms with Crippen molar-refractivity contribution in [2.45, 2.75) is 11.8 Å². The van der Waals surface area contributed by atoms with Gasteiger partial charge in [0, 0.05) is 21.8 Å². The number of hydrogen-bond donors (Lipinski definition) is 1. The van der Waals surface area contributed by atoms with Gasteiger partial charge in [-0.05, 0) is 58.7 Å². The molecule has 0 bridgehead atoms. The molecule has 0 atom stereocenters. The predicted octanol–water partition coefficient (Wildman–Crippen LogP) is 6.71. The Bertz CT molecular complexity index is 1160. The highest BCUT2D eigenvalue weighted by molar-refractivity contribution is 9.10. The molecule has 1 aromatic heterocycles. The summed E-state index contributed by atoms with van der Waals surface area (Å²) in [6.45, 7) is 1.78. The second-order valence-electron chi connectivity index (χ2n) is 5.72. The minimum atomic E-state index is -3.92. The fourth-order valence-corrected chi connectivity index (χ4v) is 4.88. The Balaban J connectivity index is 1.90. The van der Waals surface area contributed by atoms with E-state index >= 15 is 0 Å². The number of rotatable bonds is 5. The number of aryl methyl sites for hydroxylation is 1. The molecule has 1 N–H and O–H groups in total. The molecule has 28 heavy (non-hydrogen) atoms. The standard InChI is InChI=1S/C18H12BrCl3N2O3S/c1-10-4-16(24-28(25,26)18-3-2-11(20)6-15(18)22)14(19)7-17(10)27-13-5-12(21)8-23-9-13/h2-9,24H,1H3. The summed E-state index contributed by atoms with van der Waals surface area (Å²) < 4.78 is 34.2. The van der Waals surface area contributed by atoms with E-state index < -0.39 is 10.0 Å². The molecule has 0 aliphatic carbocycles. The van der Waals surface area contributed by atoms with E-state index in [0.29, 0.717) is 37.3 Å². The van der Waals surface area contributed by atoms with E-state index in [0.717, 1.165) is 0 Å². The predicted molar refractivity (Wildman–Crippen MR) is 115 cm³/mol. The van der Waals surface area contributed by atoms with Gasteiger partial charge in [0.05, 0.1) is 21.9 Å². The lowest BCUT2D eigenvalue weighted by molar-refractivity contribution is 0.476. The molecule has 0 saturated heterocycles. The van der Waals surface area contributed by atoms with Crippen molar-refractivity contribution in [3.63, 3.8) is 0 Å². The van der Waals surface area contributed by atoms with Crippen molar-refractivity contribution < 1.29 is 13.2 Å². The van der Waals surface area contributed by atoms with Gasteiger partial charge < -0.3 is 4.74 Å². The van der Waals surface area contributed by atoms with Crippen LogP contribution >= 0.6 is 50.7 Å². The smallest absolute Gasteiger partial charge is 0.263 e. The molecule has 0 amide bonds. The van der Waals surface area contributed by atoms with Gasteiger partial charge in [-0.25, -0.2) is 8.42 Å². The number of benzene rings is 2. The number of anilines is 1. The maximum absolute atomic E-state index is 12.7. The third-order valence-corrected chi connectivity index (χ3v) is 6.55. The summed E-state index contributed by atoms with van der Waals surface area (Å²) in [7, 11) is -3.92. The Morgan fingerprint density at radius 3 is 2.46 bits per heavy atom. The molecule has 146 valence electrons. The molecule has 0 saturated carbocycles. The van der Waals surface area contributed by atoms with Gasteiger partial charge in [-0.3, -0.25) is 9.71 Å². The quantitative estimate of drug-likeness (QED) is 0.405. The Morgan fingerprint density at radius 1 is 1.04 bits per heavy atom. The van der Waals surface area contributed by atoms with Gasteiger partial charge in [-0.2, -0.15) is 0 Å². The minimum Gasteiger partial charge on any atom is -0.455 e. The third kappa shape index (κ3) is 4.90. The summed E-state index contributed by atoms with van der Waals surface area (Å²) in [6, 6.07) is 9.08. The van der Waals surface area contributed by atoms with Crippen LogP contribution in [0.25, 0.3) is 0 Å². The molecular weight excluding hydrogens is 511 g/mol. The maximum Gasteiger partial charge on any atom is 0.263 e. The Kier molecular flexibility index (Phi) is 6.41. The normalized spacial score (nSPS) is 11.3. The lowest BCUT2D eigenvalue weighted by Gasteiger charge is -2.15. The summed E-state index contributed by atoms with van der Waals surface area (Å²) >= 11 is 21.1. The van der Waals surface area contributed by atoms with E-state index in [9.17, 15) is 8.42 Å². The first-order valence-corrected chi connectivity index (χ1v) is 11.1. The highest BCUT2D eigenvalue weighted by atomic mass is 79.9. The van der Waals surface area contributed by atoms with Crippen LogP contribution in [0, 0.1) is 6.92 Å². The summed E-state index contributed by atoms with van der Waals surface area (Å²) in [5.41, 5.74) is 1.03. The number of hydrogen-bond acceptors (Lipinski definition) is 4. The molecule has 0 aliphatic rings. The van der Waals surface area contributed by atoms with Gasteiger partial charge in [0.25, 0.3) is 10.0 Å². The molecule has 0 unspecified atom stereocenters. The number of nitrogens with zero attached hydrogens (tertiary/aromatic N) is 1. The summed E-state index contributed by atoms with van der Waals surface area (Å²) in [5.74, 6) is 0.979. The monoisotopic (exact) mass is 520 g/mol. The van der Waals surface area contributed by atoms with Crippen molar-refractivity contribution in [1.82, 2.24) is 4.98 Å². The number of halogens is 4. The van der Waals surface area contributed by atoms with Crippen molar-refractivity contribution in [3.05, 3.63) is 73.9 Å². The van der Waals surface area contributed by atoms with Crippen molar-refractivity contribution in [1.29, 1.82) is 0 Å². The van der Waals surface area contributed by atoms with Gasteiger partial charge in [0.2, 0.25) is 0 Å². The first-order chi connectivity index (χ1) is 13.2. The molecule has 0 radical (unpaired) electrons. The van der Waals surface area contributed by atoms with Gasteiger partial charge in [0.1, 0.15) is 16.4 Å². The van der Waals surface area contributed by atoms with E-state index in [1.54, 1.807) is 25.1 Å².